The van der Waals surface area contributed by atoms with E-state index in [4.69, 9.17) is 9.15 Å². The fourth-order valence-corrected chi connectivity index (χ4v) is 3.70. The highest BCUT2D eigenvalue weighted by Crippen LogP contribution is 2.43. The van der Waals surface area contributed by atoms with Gasteiger partial charge in [0.15, 0.2) is 5.76 Å². The van der Waals surface area contributed by atoms with Crippen LogP contribution in [0.4, 0.5) is 0 Å². The molecule has 23 heavy (non-hydrogen) atoms. The van der Waals surface area contributed by atoms with Gasteiger partial charge in [0, 0.05) is 13.0 Å². The van der Waals surface area contributed by atoms with Crippen molar-refractivity contribution in [1.82, 2.24) is 0 Å². The van der Waals surface area contributed by atoms with Crippen molar-refractivity contribution in [2.24, 2.45) is 17.3 Å². The maximum Gasteiger partial charge on any atom is 0.157 e. The number of hydrogen-bond acceptors (Lipinski definition) is 2. The smallest absolute Gasteiger partial charge is 0.157 e. The molecule has 0 aromatic carbocycles. The maximum absolute atomic E-state index is 6.04. The number of ether oxygens (including phenoxy) is 1. The van der Waals surface area contributed by atoms with Gasteiger partial charge < -0.3 is 14.5 Å². The molecule has 0 bridgehead atoms. The summed E-state index contributed by atoms with van der Waals surface area (Å²) in [5.74, 6) is 2.49. The molecule has 1 saturated heterocycles. The van der Waals surface area contributed by atoms with E-state index in [0.717, 1.165) is 24.8 Å². The van der Waals surface area contributed by atoms with Crippen LogP contribution in [-0.4, -0.2) is 19.3 Å². The second-order valence-electron chi connectivity index (χ2n) is 8.15. The Kier molecular flexibility index (Phi) is 7.16. The highest BCUT2D eigenvalue weighted by molar-refractivity contribution is 4.95. The first-order valence-electron chi connectivity index (χ1n) is 9.46. The molecular formula is C20H36NO2+. The van der Waals surface area contributed by atoms with Crippen LogP contribution < -0.4 is 5.32 Å². The second kappa shape index (κ2) is 8.89. The summed E-state index contributed by atoms with van der Waals surface area (Å²) >= 11 is 0. The predicted molar refractivity (Wildman–Crippen MR) is 94.1 cm³/mol. The third-order valence-corrected chi connectivity index (χ3v) is 5.40. The zero-order chi connectivity index (χ0) is 16.7. The van der Waals surface area contributed by atoms with Crippen molar-refractivity contribution in [2.45, 2.75) is 72.4 Å². The van der Waals surface area contributed by atoms with E-state index in [1.165, 1.54) is 38.6 Å². The Morgan fingerprint density at radius 2 is 2.09 bits per heavy atom. The van der Waals surface area contributed by atoms with Gasteiger partial charge in [0.25, 0.3) is 0 Å². The molecule has 1 aromatic heterocycles. The van der Waals surface area contributed by atoms with Crippen molar-refractivity contribution in [3.63, 3.8) is 0 Å². The Labute approximate surface area is 142 Å². The third-order valence-electron chi connectivity index (χ3n) is 5.40. The van der Waals surface area contributed by atoms with Gasteiger partial charge in [-0.05, 0) is 48.6 Å². The molecule has 3 nitrogen and oxygen atoms in total. The summed E-state index contributed by atoms with van der Waals surface area (Å²) in [4.78, 5) is 0. The molecule has 0 unspecified atom stereocenters. The van der Waals surface area contributed by atoms with Gasteiger partial charge in [0.2, 0.25) is 0 Å². The SMILES string of the molecule is CC(C)CC[C@@]1(CC[NH2+]Cc2ccco2)CCO[C@@H](C(C)C)C1. The van der Waals surface area contributed by atoms with Gasteiger partial charge >= 0.3 is 0 Å². The highest BCUT2D eigenvalue weighted by Gasteiger charge is 2.37. The van der Waals surface area contributed by atoms with Gasteiger partial charge in [0.1, 0.15) is 6.54 Å². The topological polar surface area (TPSA) is 39.0 Å². The predicted octanol–water partition coefficient (Wildman–Crippen LogP) is 3.99. The summed E-state index contributed by atoms with van der Waals surface area (Å²) in [6.45, 7) is 12.4. The Balaban J connectivity index is 1.87. The molecule has 132 valence electrons. The summed E-state index contributed by atoms with van der Waals surface area (Å²) in [6.07, 6.45) is 8.67. The van der Waals surface area contributed by atoms with Crippen LogP contribution in [0.15, 0.2) is 22.8 Å². The zero-order valence-electron chi connectivity index (χ0n) is 15.5. The van der Waals surface area contributed by atoms with E-state index in [0.29, 0.717) is 17.4 Å². The third kappa shape index (κ3) is 5.96. The summed E-state index contributed by atoms with van der Waals surface area (Å²) in [5, 5.41) is 2.40. The molecule has 2 rings (SSSR count). The quantitative estimate of drug-likeness (QED) is 0.698. The second-order valence-corrected chi connectivity index (χ2v) is 8.15. The number of quaternary nitrogens is 1. The van der Waals surface area contributed by atoms with Crippen LogP contribution in [0.3, 0.4) is 0 Å². The average Bonchev–Trinajstić information content (AvgIpc) is 3.03. The van der Waals surface area contributed by atoms with Crippen molar-refractivity contribution >= 4 is 0 Å². The van der Waals surface area contributed by atoms with Gasteiger partial charge in [-0.15, -0.1) is 0 Å². The molecule has 1 aliphatic rings. The van der Waals surface area contributed by atoms with Crippen molar-refractivity contribution in [3.05, 3.63) is 24.2 Å². The summed E-state index contributed by atoms with van der Waals surface area (Å²) in [6, 6.07) is 4.04. The fourth-order valence-electron chi connectivity index (χ4n) is 3.70. The van der Waals surface area contributed by atoms with E-state index in [2.05, 4.69) is 39.1 Å². The Morgan fingerprint density at radius 3 is 2.74 bits per heavy atom. The Morgan fingerprint density at radius 1 is 1.26 bits per heavy atom. The summed E-state index contributed by atoms with van der Waals surface area (Å²) in [7, 11) is 0. The van der Waals surface area contributed by atoms with Gasteiger partial charge in [0.05, 0.1) is 18.9 Å². The molecule has 2 atom stereocenters. The van der Waals surface area contributed by atoms with Gasteiger partial charge in [-0.3, -0.25) is 0 Å². The fraction of sp³-hybridized carbons (Fsp3) is 0.800. The molecule has 1 fully saturated rings. The largest absolute Gasteiger partial charge is 0.463 e. The summed E-state index contributed by atoms with van der Waals surface area (Å²) in [5.41, 5.74) is 0.483. The Hall–Kier alpha value is -0.800. The van der Waals surface area contributed by atoms with E-state index in [1.807, 2.05) is 6.07 Å². The average molecular weight is 323 g/mol. The Bertz CT molecular complexity index is 427. The first-order chi connectivity index (χ1) is 11.0. The number of furan rings is 1. The van der Waals surface area contributed by atoms with Gasteiger partial charge in [-0.25, -0.2) is 0 Å². The maximum atomic E-state index is 6.04. The van der Waals surface area contributed by atoms with Crippen LogP contribution in [0.1, 0.15) is 65.6 Å². The molecule has 0 amide bonds. The highest BCUT2D eigenvalue weighted by atomic mass is 16.5. The standard InChI is InChI=1S/C20H35NO2/c1-16(2)7-8-20(10-13-23-19(14-20)17(3)4)9-11-21-15-18-6-5-12-22-18/h5-6,12,16-17,19,21H,7-11,13-15H2,1-4H3/p+1/t19-,20-/m1/s1. The van der Waals surface area contributed by atoms with Crippen LogP contribution in [0, 0.1) is 17.3 Å². The first-order valence-corrected chi connectivity index (χ1v) is 9.46. The van der Waals surface area contributed by atoms with Gasteiger partial charge in [-0.2, -0.15) is 0 Å². The minimum Gasteiger partial charge on any atom is -0.463 e. The molecule has 2 heterocycles. The molecule has 0 spiro atoms. The minimum atomic E-state index is 0.445. The van der Waals surface area contributed by atoms with Crippen molar-refractivity contribution in [3.8, 4) is 0 Å². The van der Waals surface area contributed by atoms with Crippen LogP contribution >= 0.6 is 0 Å². The van der Waals surface area contributed by atoms with Crippen LogP contribution in [-0.2, 0) is 11.3 Å². The van der Waals surface area contributed by atoms with E-state index in [-0.39, 0.29) is 0 Å². The molecule has 0 radical (unpaired) electrons. The molecular weight excluding hydrogens is 286 g/mol. The lowest BCUT2D eigenvalue weighted by Gasteiger charge is -2.42. The number of rotatable bonds is 9. The number of nitrogens with two attached hydrogens (primary N) is 1. The van der Waals surface area contributed by atoms with E-state index >= 15 is 0 Å². The van der Waals surface area contributed by atoms with Crippen LogP contribution in [0.2, 0.25) is 0 Å². The first kappa shape index (κ1) is 18.5. The molecule has 0 aliphatic carbocycles. The minimum absolute atomic E-state index is 0.445. The zero-order valence-corrected chi connectivity index (χ0v) is 15.5. The van der Waals surface area contributed by atoms with Crippen molar-refractivity contribution < 1.29 is 14.5 Å². The lowest BCUT2D eigenvalue weighted by Crippen LogP contribution is -2.83. The van der Waals surface area contributed by atoms with Crippen molar-refractivity contribution in [2.75, 3.05) is 13.2 Å². The lowest BCUT2D eigenvalue weighted by molar-refractivity contribution is -0.674. The molecule has 2 N–H and O–H groups in total. The monoisotopic (exact) mass is 322 g/mol. The molecule has 1 aromatic rings. The molecule has 1 aliphatic heterocycles. The van der Waals surface area contributed by atoms with Gasteiger partial charge in [-0.1, -0.05) is 34.1 Å². The van der Waals surface area contributed by atoms with Crippen LogP contribution in [0.5, 0.6) is 0 Å². The summed E-state index contributed by atoms with van der Waals surface area (Å²) < 4.78 is 11.5. The van der Waals surface area contributed by atoms with Crippen molar-refractivity contribution in [1.29, 1.82) is 0 Å². The van der Waals surface area contributed by atoms with Crippen LogP contribution in [0.25, 0.3) is 0 Å². The lowest BCUT2D eigenvalue weighted by atomic mass is 9.69. The van der Waals surface area contributed by atoms with E-state index in [9.17, 15) is 0 Å². The normalized spacial score (nSPS) is 25.4. The number of hydrogen-bond donors (Lipinski definition) is 1. The van der Waals surface area contributed by atoms with E-state index in [1.54, 1.807) is 6.26 Å². The van der Waals surface area contributed by atoms with E-state index < -0.39 is 0 Å². The molecule has 0 saturated carbocycles. The molecule has 3 heteroatoms.